The smallest absolute Gasteiger partial charge is 0.345 e. The number of hydrogen-bond acceptors (Lipinski definition) is 5. The number of thiophene rings is 1. The molecule has 0 N–H and O–H groups in total. The number of carbonyl (C=O) groups is 1. The highest BCUT2D eigenvalue weighted by molar-refractivity contribution is 7.17. The molecule has 1 saturated heterocycles. The van der Waals surface area contributed by atoms with Gasteiger partial charge in [0.2, 0.25) is 0 Å². The van der Waals surface area contributed by atoms with Gasteiger partial charge in [-0.2, -0.15) is 5.10 Å². The van der Waals surface area contributed by atoms with Gasteiger partial charge >= 0.3 is 5.69 Å². The fourth-order valence-corrected chi connectivity index (χ4v) is 4.32. The molecule has 1 aliphatic heterocycles. The van der Waals surface area contributed by atoms with E-state index in [1.165, 1.54) is 16.0 Å². The number of likely N-dealkylation sites (tertiary alicyclic amines) is 1. The van der Waals surface area contributed by atoms with Crippen molar-refractivity contribution in [3.05, 3.63) is 37.7 Å². The lowest BCUT2D eigenvalue weighted by molar-refractivity contribution is 0.0715. The zero-order valence-corrected chi connectivity index (χ0v) is 16.6. The minimum Gasteiger partial charge on any atom is -0.383 e. The van der Waals surface area contributed by atoms with Crippen LogP contribution in [0.2, 0.25) is 4.34 Å². The quantitative estimate of drug-likeness (QED) is 0.749. The van der Waals surface area contributed by atoms with Crippen LogP contribution >= 0.6 is 22.9 Å². The Bertz CT molecular complexity index is 820. The third-order valence-corrected chi connectivity index (χ3v) is 5.93. The summed E-state index contributed by atoms with van der Waals surface area (Å²) in [7, 11) is 1.61. The van der Waals surface area contributed by atoms with Crippen LogP contribution in [0, 0.1) is 0 Å². The van der Waals surface area contributed by atoms with Crippen LogP contribution in [-0.2, 0) is 17.8 Å². The van der Waals surface area contributed by atoms with E-state index in [2.05, 4.69) is 5.10 Å². The molecule has 3 rings (SSSR count). The fraction of sp³-hybridized carbons (Fsp3) is 0.588. The molecule has 2 aromatic rings. The van der Waals surface area contributed by atoms with Crippen molar-refractivity contribution in [1.29, 1.82) is 0 Å². The van der Waals surface area contributed by atoms with Crippen molar-refractivity contribution < 1.29 is 9.53 Å². The Morgan fingerprint density at radius 3 is 2.69 bits per heavy atom. The Kier molecular flexibility index (Phi) is 6.16. The van der Waals surface area contributed by atoms with Crippen LogP contribution in [-0.4, -0.2) is 52.0 Å². The first-order valence-electron chi connectivity index (χ1n) is 8.76. The van der Waals surface area contributed by atoms with E-state index in [-0.39, 0.29) is 17.5 Å². The van der Waals surface area contributed by atoms with Gasteiger partial charge in [-0.3, -0.25) is 9.36 Å². The second kappa shape index (κ2) is 8.37. The van der Waals surface area contributed by atoms with Crippen LogP contribution < -0.4 is 5.69 Å². The van der Waals surface area contributed by atoms with Crippen LogP contribution in [0.4, 0.5) is 0 Å². The van der Waals surface area contributed by atoms with E-state index in [9.17, 15) is 9.59 Å². The Balaban J connectivity index is 1.69. The molecule has 1 fully saturated rings. The van der Waals surface area contributed by atoms with Gasteiger partial charge in [0.15, 0.2) is 0 Å². The number of amides is 1. The molecule has 142 valence electrons. The molecular formula is C17H23ClN4O3S. The Labute approximate surface area is 161 Å². The molecule has 0 spiro atoms. The minimum absolute atomic E-state index is 0.0267. The molecule has 0 bridgehead atoms. The molecule has 26 heavy (non-hydrogen) atoms. The Hall–Kier alpha value is -1.64. The summed E-state index contributed by atoms with van der Waals surface area (Å²) in [6.07, 6.45) is 1.59. The van der Waals surface area contributed by atoms with Gasteiger partial charge in [-0.1, -0.05) is 11.6 Å². The molecule has 9 heteroatoms. The number of methoxy groups -OCH3 is 1. The van der Waals surface area contributed by atoms with Gasteiger partial charge < -0.3 is 9.64 Å². The maximum atomic E-state index is 12.5. The number of nitrogens with zero attached hydrogens (tertiary/aromatic N) is 4. The average Bonchev–Trinajstić information content (AvgIpc) is 3.22. The standard InChI is InChI=1S/C17H23ClN4O3S/c1-3-21-15(19-22(17(21)24)10-11-25-2)12-6-8-20(9-7-12)16(23)13-4-5-14(18)26-13/h4-5,12H,3,6-11H2,1-2H3. The number of rotatable bonds is 6. The van der Waals surface area contributed by atoms with Crippen LogP contribution in [0.15, 0.2) is 16.9 Å². The van der Waals surface area contributed by atoms with Gasteiger partial charge in [0, 0.05) is 32.7 Å². The monoisotopic (exact) mass is 398 g/mol. The van der Waals surface area contributed by atoms with Crippen molar-refractivity contribution in [3.63, 3.8) is 0 Å². The Morgan fingerprint density at radius 1 is 1.38 bits per heavy atom. The predicted molar refractivity (Wildman–Crippen MR) is 101 cm³/mol. The number of halogens is 1. The molecule has 1 aliphatic rings. The van der Waals surface area contributed by atoms with E-state index < -0.39 is 0 Å². The lowest BCUT2D eigenvalue weighted by Crippen LogP contribution is -2.38. The van der Waals surface area contributed by atoms with Gasteiger partial charge in [-0.15, -0.1) is 11.3 Å². The highest BCUT2D eigenvalue weighted by atomic mass is 35.5. The highest BCUT2D eigenvalue weighted by Gasteiger charge is 2.29. The summed E-state index contributed by atoms with van der Waals surface area (Å²) in [5.41, 5.74) is -0.0914. The van der Waals surface area contributed by atoms with Crippen LogP contribution in [0.5, 0.6) is 0 Å². The van der Waals surface area contributed by atoms with Gasteiger partial charge in [0.05, 0.1) is 22.4 Å². The zero-order valence-electron chi connectivity index (χ0n) is 15.0. The number of ether oxygens (including phenoxy) is 1. The number of piperidine rings is 1. The number of aromatic nitrogens is 3. The molecule has 0 unspecified atom stereocenters. The van der Waals surface area contributed by atoms with Gasteiger partial charge in [0.25, 0.3) is 5.91 Å². The molecule has 0 atom stereocenters. The maximum absolute atomic E-state index is 12.5. The van der Waals surface area contributed by atoms with E-state index in [1.807, 2.05) is 11.8 Å². The van der Waals surface area contributed by atoms with E-state index in [4.69, 9.17) is 16.3 Å². The second-order valence-electron chi connectivity index (χ2n) is 6.27. The third kappa shape index (κ3) is 3.87. The van der Waals surface area contributed by atoms with Crippen LogP contribution in [0.1, 0.15) is 41.2 Å². The van der Waals surface area contributed by atoms with Crippen molar-refractivity contribution in [2.45, 2.75) is 38.8 Å². The molecule has 0 aromatic carbocycles. The van der Waals surface area contributed by atoms with E-state index in [0.717, 1.165) is 18.7 Å². The third-order valence-electron chi connectivity index (χ3n) is 4.71. The van der Waals surface area contributed by atoms with Crippen molar-refractivity contribution in [2.24, 2.45) is 0 Å². The number of carbonyl (C=O) groups excluding carboxylic acids is 1. The first kappa shape index (κ1) is 19.1. The normalized spacial score (nSPS) is 15.6. The molecule has 1 amide bonds. The first-order valence-corrected chi connectivity index (χ1v) is 9.95. The molecule has 0 saturated carbocycles. The summed E-state index contributed by atoms with van der Waals surface area (Å²) < 4.78 is 8.89. The van der Waals surface area contributed by atoms with E-state index >= 15 is 0 Å². The van der Waals surface area contributed by atoms with Crippen molar-refractivity contribution >= 4 is 28.8 Å². The predicted octanol–water partition coefficient (Wildman–Crippen LogP) is 2.45. The highest BCUT2D eigenvalue weighted by Crippen LogP contribution is 2.29. The van der Waals surface area contributed by atoms with Crippen molar-refractivity contribution in [1.82, 2.24) is 19.2 Å². The molecule has 2 aromatic heterocycles. The van der Waals surface area contributed by atoms with Crippen LogP contribution in [0.25, 0.3) is 0 Å². The fourth-order valence-electron chi connectivity index (χ4n) is 3.31. The summed E-state index contributed by atoms with van der Waals surface area (Å²) >= 11 is 7.24. The lowest BCUT2D eigenvalue weighted by atomic mass is 9.95. The lowest BCUT2D eigenvalue weighted by Gasteiger charge is -2.31. The SMILES string of the molecule is CCn1c(C2CCN(C(=O)c3ccc(Cl)s3)CC2)nn(CCOC)c1=O. The molecule has 0 radical (unpaired) electrons. The van der Waals surface area contributed by atoms with Crippen LogP contribution in [0.3, 0.4) is 0 Å². The van der Waals surface area contributed by atoms with E-state index in [1.54, 1.807) is 23.8 Å². The summed E-state index contributed by atoms with van der Waals surface area (Å²) in [6, 6.07) is 3.52. The summed E-state index contributed by atoms with van der Waals surface area (Å²) in [6.45, 7) is 4.76. The minimum atomic E-state index is -0.0914. The average molecular weight is 399 g/mol. The first-order chi connectivity index (χ1) is 12.5. The molecule has 0 aliphatic carbocycles. The summed E-state index contributed by atoms with van der Waals surface area (Å²) in [4.78, 5) is 27.5. The summed E-state index contributed by atoms with van der Waals surface area (Å²) in [5, 5.41) is 4.54. The second-order valence-corrected chi connectivity index (χ2v) is 7.99. The number of hydrogen-bond donors (Lipinski definition) is 0. The summed E-state index contributed by atoms with van der Waals surface area (Å²) in [5.74, 6) is 1.03. The topological polar surface area (TPSA) is 69.4 Å². The van der Waals surface area contributed by atoms with Gasteiger partial charge in [0.1, 0.15) is 5.82 Å². The Morgan fingerprint density at radius 2 is 2.12 bits per heavy atom. The molecule has 7 nitrogen and oxygen atoms in total. The van der Waals surface area contributed by atoms with Crippen molar-refractivity contribution in [2.75, 3.05) is 26.8 Å². The van der Waals surface area contributed by atoms with Gasteiger partial charge in [-0.05, 0) is 31.9 Å². The molecular weight excluding hydrogens is 376 g/mol. The van der Waals surface area contributed by atoms with Crippen molar-refractivity contribution in [3.8, 4) is 0 Å². The zero-order chi connectivity index (χ0) is 18.7. The molecule has 3 heterocycles. The maximum Gasteiger partial charge on any atom is 0.345 e. The largest absolute Gasteiger partial charge is 0.383 e. The van der Waals surface area contributed by atoms with Gasteiger partial charge in [-0.25, -0.2) is 9.48 Å². The van der Waals surface area contributed by atoms with E-state index in [0.29, 0.717) is 42.0 Å².